The van der Waals surface area contributed by atoms with E-state index in [1.165, 1.54) is 0 Å². The van der Waals surface area contributed by atoms with Gasteiger partial charge in [0.25, 0.3) is 0 Å². The van der Waals surface area contributed by atoms with Gasteiger partial charge in [0, 0.05) is 26.0 Å². The van der Waals surface area contributed by atoms with Crippen LogP contribution in [0.2, 0.25) is 0 Å². The summed E-state index contributed by atoms with van der Waals surface area (Å²) in [5, 5.41) is 2.86. The third-order valence-corrected chi connectivity index (χ3v) is 2.80. The first-order valence-electron chi connectivity index (χ1n) is 6.57. The maximum absolute atomic E-state index is 11.5. The van der Waals surface area contributed by atoms with Crippen LogP contribution in [-0.2, 0) is 16.0 Å². The predicted molar refractivity (Wildman–Crippen MR) is 73.9 cm³/mol. The van der Waals surface area contributed by atoms with Gasteiger partial charge in [0.1, 0.15) is 5.82 Å². The van der Waals surface area contributed by atoms with E-state index in [4.69, 9.17) is 4.74 Å². The van der Waals surface area contributed by atoms with Gasteiger partial charge in [-0.15, -0.1) is 0 Å². The number of carbonyl (C=O) groups is 1. The Hall–Kier alpha value is -1.88. The first-order valence-corrected chi connectivity index (χ1v) is 6.57. The molecule has 2 aromatic rings. The van der Waals surface area contributed by atoms with Gasteiger partial charge in [-0.2, -0.15) is 0 Å². The summed E-state index contributed by atoms with van der Waals surface area (Å²) in [7, 11) is 0. The maximum Gasteiger partial charge on any atom is 0.222 e. The molecule has 0 radical (unpaired) electrons. The normalized spacial score (nSPS) is 10.8. The molecule has 0 aliphatic heterocycles. The van der Waals surface area contributed by atoms with Crippen LogP contribution in [0.15, 0.2) is 24.3 Å². The molecule has 1 amide bonds. The average molecular weight is 261 g/mol. The summed E-state index contributed by atoms with van der Waals surface area (Å²) in [5.41, 5.74) is 1.99. The third kappa shape index (κ3) is 4.06. The minimum absolute atomic E-state index is 0.0181. The first-order chi connectivity index (χ1) is 9.29. The Balaban J connectivity index is 1.74. The SMILES string of the molecule is CCOCCC(=O)NCCc1nc2ccccc2[nH]1. The third-order valence-electron chi connectivity index (χ3n) is 2.80. The molecule has 1 aromatic heterocycles. The maximum atomic E-state index is 11.5. The Morgan fingerprint density at radius 1 is 1.42 bits per heavy atom. The van der Waals surface area contributed by atoms with Crippen LogP contribution < -0.4 is 5.32 Å². The van der Waals surface area contributed by atoms with Crippen LogP contribution >= 0.6 is 0 Å². The van der Waals surface area contributed by atoms with E-state index >= 15 is 0 Å². The van der Waals surface area contributed by atoms with Gasteiger partial charge in [0.15, 0.2) is 0 Å². The Labute approximate surface area is 112 Å². The number of nitrogens with one attached hydrogen (secondary N) is 2. The zero-order valence-electron chi connectivity index (χ0n) is 11.1. The van der Waals surface area contributed by atoms with Crippen LogP contribution in [0.3, 0.4) is 0 Å². The summed E-state index contributed by atoms with van der Waals surface area (Å²) >= 11 is 0. The molecule has 19 heavy (non-hydrogen) atoms. The Kier molecular flexibility index (Phi) is 4.92. The van der Waals surface area contributed by atoms with Gasteiger partial charge in [0.2, 0.25) is 5.91 Å². The fourth-order valence-corrected chi connectivity index (χ4v) is 1.84. The highest BCUT2D eigenvalue weighted by Gasteiger charge is 2.03. The topological polar surface area (TPSA) is 67.0 Å². The summed E-state index contributed by atoms with van der Waals surface area (Å²) in [6.45, 7) is 3.63. The second-order valence-electron chi connectivity index (χ2n) is 4.25. The van der Waals surface area contributed by atoms with Crippen molar-refractivity contribution in [2.75, 3.05) is 19.8 Å². The van der Waals surface area contributed by atoms with Crippen molar-refractivity contribution in [2.45, 2.75) is 19.8 Å². The summed E-state index contributed by atoms with van der Waals surface area (Å²) in [5.74, 6) is 0.913. The largest absolute Gasteiger partial charge is 0.381 e. The lowest BCUT2D eigenvalue weighted by Crippen LogP contribution is -2.26. The van der Waals surface area contributed by atoms with Crippen molar-refractivity contribution < 1.29 is 9.53 Å². The van der Waals surface area contributed by atoms with E-state index in [0.29, 0.717) is 32.6 Å². The standard InChI is InChI=1S/C14H19N3O2/c1-2-19-10-8-14(18)15-9-7-13-16-11-5-3-4-6-12(11)17-13/h3-6H,2,7-10H2,1H3,(H,15,18)(H,16,17). The molecule has 1 aromatic carbocycles. The van der Waals surface area contributed by atoms with Crippen LogP contribution in [-0.4, -0.2) is 35.6 Å². The van der Waals surface area contributed by atoms with E-state index in [2.05, 4.69) is 15.3 Å². The molecule has 5 heteroatoms. The van der Waals surface area contributed by atoms with Crippen LogP contribution in [0.4, 0.5) is 0 Å². The number of amides is 1. The minimum Gasteiger partial charge on any atom is -0.381 e. The number of para-hydroxylation sites is 2. The number of hydrogen-bond acceptors (Lipinski definition) is 3. The summed E-state index contributed by atoms with van der Waals surface area (Å²) < 4.78 is 5.13. The Morgan fingerprint density at radius 3 is 3.05 bits per heavy atom. The number of aromatic amines is 1. The van der Waals surface area contributed by atoms with E-state index < -0.39 is 0 Å². The van der Waals surface area contributed by atoms with Gasteiger partial charge >= 0.3 is 0 Å². The highest BCUT2D eigenvalue weighted by molar-refractivity contribution is 5.76. The summed E-state index contributed by atoms with van der Waals surface area (Å²) in [6.07, 6.45) is 1.11. The number of benzene rings is 1. The highest BCUT2D eigenvalue weighted by Crippen LogP contribution is 2.10. The number of nitrogens with zero attached hydrogens (tertiary/aromatic N) is 1. The molecular weight excluding hydrogens is 242 g/mol. The number of imidazole rings is 1. The molecule has 1 heterocycles. The van der Waals surface area contributed by atoms with Crippen molar-refractivity contribution in [3.8, 4) is 0 Å². The fraction of sp³-hybridized carbons (Fsp3) is 0.429. The van der Waals surface area contributed by atoms with E-state index in [1.54, 1.807) is 0 Å². The number of ether oxygens (including phenoxy) is 1. The molecular formula is C14H19N3O2. The number of H-pyrrole nitrogens is 1. The monoisotopic (exact) mass is 261 g/mol. The first kappa shape index (κ1) is 13.5. The number of fused-ring (bicyclic) bond motifs is 1. The second-order valence-corrected chi connectivity index (χ2v) is 4.25. The molecule has 0 atom stereocenters. The molecule has 5 nitrogen and oxygen atoms in total. The minimum atomic E-state index is 0.0181. The molecule has 0 aliphatic carbocycles. The zero-order chi connectivity index (χ0) is 13.5. The van der Waals surface area contributed by atoms with Gasteiger partial charge in [-0.3, -0.25) is 4.79 Å². The van der Waals surface area contributed by atoms with Gasteiger partial charge in [-0.05, 0) is 19.1 Å². The lowest BCUT2D eigenvalue weighted by atomic mass is 10.3. The highest BCUT2D eigenvalue weighted by atomic mass is 16.5. The smallest absolute Gasteiger partial charge is 0.222 e. The van der Waals surface area contributed by atoms with Crippen molar-refractivity contribution in [3.63, 3.8) is 0 Å². The molecule has 2 N–H and O–H groups in total. The average Bonchev–Trinajstić information content (AvgIpc) is 2.81. The number of carbonyl (C=O) groups excluding carboxylic acids is 1. The predicted octanol–water partition coefficient (Wildman–Crippen LogP) is 1.65. The van der Waals surface area contributed by atoms with Crippen molar-refractivity contribution in [1.82, 2.24) is 15.3 Å². The van der Waals surface area contributed by atoms with Gasteiger partial charge < -0.3 is 15.0 Å². The summed E-state index contributed by atoms with van der Waals surface area (Å²) in [4.78, 5) is 19.1. The quantitative estimate of drug-likeness (QED) is 0.745. The molecule has 0 spiro atoms. The molecule has 0 bridgehead atoms. The molecule has 0 fully saturated rings. The Bertz CT molecular complexity index is 503. The fourth-order valence-electron chi connectivity index (χ4n) is 1.84. The van der Waals surface area contributed by atoms with Crippen LogP contribution in [0.1, 0.15) is 19.2 Å². The molecule has 0 saturated heterocycles. The van der Waals surface area contributed by atoms with E-state index in [0.717, 1.165) is 16.9 Å². The zero-order valence-corrected chi connectivity index (χ0v) is 11.1. The number of hydrogen-bond donors (Lipinski definition) is 2. The van der Waals surface area contributed by atoms with Crippen molar-refractivity contribution in [1.29, 1.82) is 0 Å². The van der Waals surface area contributed by atoms with Crippen molar-refractivity contribution >= 4 is 16.9 Å². The van der Waals surface area contributed by atoms with Crippen molar-refractivity contribution in [2.24, 2.45) is 0 Å². The Morgan fingerprint density at radius 2 is 2.26 bits per heavy atom. The van der Waals surface area contributed by atoms with Crippen molar-refractivity contribution in [3.05, 3.63) is 30.1 Å². The van der Waals surface area contributed by atoms with Crippen LogP contribution in [0.5, 0.6) is 0 Å². The summed E-state index contributed by atoms with van der Waals surface area (Å²) in [6, 6.07) is 7.89. The van der Waals surface area contributed by atoms with E-state index in [-0.39, 0.29) is 5.91 Å². The number of aromatic nitrogens is 2. The lowest BCUT2D eigenvalue weighted by molar-refractivity contribution is -0.122. The van der Waals surface area contributed by atoms with Gasteiger partial charge in [-0.1, -0.05) is 12.1 Å². The number of rotatable bonds is 7. The molecule has 2 rings (SSSR count). The molecule has 102 valence electrons. The van der Waals surface area contributed by atoms with E-state index in [9.17, 15) is 4.79 Å². The van der Waals surface area contributed by atoms with E-state index in [1.807, 2.05) is 31.2 Å². The second kappa shape index (κ2) is 6.89. The van der Waals surface area contributed by atoms with Crippen LogP contribution in [0.25, 0.3) is 11.0 Å². The van der Waals surface area contributed by atoms with Gasteiger partial charge in [0.05, 0.1) is 17.6 Å². The van der Waals surface area contributed by atoms with Gasteiger partial charge in [-0.25, -0.2) is 4.98 Å². The molecule has 0 aliphatic rings. The lowest BCUT2D eigenvalue weighted by Gasteiger charge is -2.03. The molecule has 0 unspecified atom stereocenters. The molecule has 0 saturated carbocycles. The van der Waals surface area contributed by atoms with Crippen LogP contribution in [0, 0.1) is 0 Å².